The summed E-state index contributed by atoms with van der Waals surface area (Å²) in [5.74, 6) is -1.29. The molecule has 0 atom stereocenters. The van der Waals surface area contributed by atoms with E-state index in [0.717, 1.165) is 34.7 Å². The number of pyridine rings is 1. The third kappa shape index (κ3) is 4.02. The summed E-state index contributed by atoms with van der Waals surface area (Å²) in [6.07, 6.45) is 1.03. The van der Waals surface area contributed by atoms with Crippen LogP contribution in [0.1, 0.15) is 10.4 Å². The number of nitrogens with one attached hydrogen (secondary N) is 1. The maximum Gasteiger partial charge on any atom is 0.256 e. The van der Waals surface area contributed by atoms with Crippen LogP contribution in [0.15, 0.2) is 95.9 Å². The fraction of sp³-hybridized carbons (Fsp3) is 0.0370. The maximum absolute atomic E-state index is 14.4. The van der Waals surface area contributed by atoms with Gasteiger partial charge in [0.1, 0.15) is 5.82 Å². The van der Waals surface area contributed by atoms with Gasteiger partial charge in [0, 0.05) is 17.2 Å². The Kier molecular flexibility index (Phi) is 5.34. The number of halogens is 1. The van der Waals surface area contributed by atoms with Gasteiger partial charge in [0.25, 0.3) is 5.91 Å². The lowest BCUT2D eigenvalue weighted by Gasteiger charge is -2.13. The molecular weight excluding hydrogens is 451 g/mol. The summed E-state index contributed by atoms with van der Waals surface area (Å²) in [5, 5.41) is 5.18. The van der Waals surface area contributed by atoms with Crippen LogP contribution in [-0.2, 0) is 9.84 Å². The number of carbonyl (C=O) groups is 1. The number of sulfone groups is 1. The van der Waals surface area contributed by atoms with Gasteiger partial charge in [-0.15, -0.1) is 0 Å². The molecule has 5 nitrogen and oxygen atoms in total. The molecule has 1 aromatic heterocycles. The third-order valence-electron chi connectivity index (χ3n) is 5.64. The van der Waals surface area contributed by atoms with Gasteiger partial charge >= 0.3 is 0 Å². The smallest absolute Gasteiger partial charge is 0.256 e. The number of nitrogens with zero attached hydrogens (tertiary/aromatic N) is 1. The number of amides is 1. The number of anilines is 1. The molecule has 7 heteroatoms. The lowest BCUT2D eigenvalue weighted by atomic mass is 9.99. The Morgan fingerprint density at radius 1 is 0.853 bits per heavy atom. The molecule has 0 radical (unpaired) electrons. The van der Waals surface area contributed by atoms with Gasteiger partial charge in [-0.25, -0.2) is 17.8 Å². The first-order chi connectivity index (χ1) is 16.3. The number of hydrogen-bond donors (Lipinski definition) is 1. The fourth-order valence-electron chi connectivity index (χ4n) is 3.97. The van der Waals surface area contributed by atoms with Gasteiger partial charge in [0.15, 0.2) is 9.84 Å². The summed E-state index contributed by atoms with van der Waals surface area (Å²) in [5.41, 5.74) is 2.18. The van der Waals surface area contributed by atoms with Crippen LogP contribution in [0, 0.1) is 5.82 Å². The monoisotopic (exact) mass is 470 g/mol. The van der Waals surface area contributed by atoms with E-state index in [4.69, 9.17) is 4.98 Å². The number of rotatable bonds is 4. The van der Waals surface area contributed by atoms with Crippen LogP contribution in [0.3, 0.4) is 0 Å². The van der Waals surface area contributed by atoms with Gasteiger partial charge in [0.2, 0.25) is 0 Å². The Labute approximate surface area is 195 Å². The quantitative estimate of drug-likeness (QED) is 0.334. The van der Waals surface area contributed by atoms with E-state index in [0.29, 0.717) is 22.2 Å². The number of hydrogen-bond acceptors (Lipinski definition) is 4. The minimum absolute atomic E-state index is 0.0831. The zero-order valence-electron chi connectivity index (χ0n) is 18.1. The van der Waals surface area contributed by atoms with Crippen LogP contribution in [0.5, 0.6) is 0 Å². The summed E-state index contributed by atoms with van der Waals surface area (Å²) >= 11 is 0. The average Bonchev–Trinajstić information content (AvgIpc) is 2.83. The first kappa shape index (κ1) is 21.7. The molecule has 0 bridgehead atoms. The van der Waals surface area contributed by atoms with E-state index in [1.54, 1.807) is 18.2 Å². The molecule has 0 aliphatic rings. The van der Waals surface area contributed by atoms with Crippen molar-refractivity contribution in [3.05, 3.63) is 102 Å². The Balaban J connectivity index is 1.65. The molecule has 0 saturated carbocycles. The molecule has 0 saturated heterocycles. The largest absolute Gasteiger partial charge is 0.319 e. The van der Waals surface area contributed by atoms with Crippen molar-refractivity contribution in [2.24, 2.45) is 0 Å². The predicted molar refractivity (Wildman–Crippen MR) is 132 cm³/mol. The second-order valence-electron chi connectivity index (χ2n) is 7.97. The summed E-state index contributed by atoms with van der Waals surface area (Å²) in [7, 11) is -3.57. The molecule has 0 aliphatic carbocycles. The first-order valence-corrected chi connectivity index (χ1v) is 12.4. The molecule has 1 N–H and O–H groups in total. The van der Waals surface area contributed by atoms with Crippen molar-refractivity contribution in [2.45, 2.75) is 4.90 Å². The van der Waals surface area contributed by atoms with E-state index in [2.05, 4.69) is 5.32 Å². The molecule has 0 aliphatic heterocycles. The van der Waals surface area contributed by atoms with Crippen LogP contribution >= 0.6 is 0 Å². The van der Waals surface area contributed by atoms with Crippen molar-refractivity contribution in [1.29, 1.82) is 0 Å². The lowest BCUT2D eigenvalue weighted by Crippen LogP contribution is -2.15. The minimum atomic E-state index is -3.57. The molecule has 0 unspecified atom stereocenters. The summed E-state index contributed by atoms with van der Waals surface area (Å²) in [6, 6.07) is 26.0. The van der Waals surface area contributed by atoms with Gasteiger partial charge in [-0.2, -0.15) is 0 Å². The number of carbonyl (C=O) groups excluding carboxylic acids is 1. The van der Waals surface area contributed by atoms with Gasteiger partial charge in [-0.05, 0) is 41.1 Å². The molecule has 1 amide bonds. The van der Waals surface area contributed by atoms with Crippen molar-refractivity contribution in [3.63, 3.8) is 0 Å². The SMILES string of the molecule is CS(=O)(=O)c1ccc(F)c(NC(=O)c2cc(-c3cccc4ccccc34)nc3ccccc23)c1. The Morgan fingerprint density at radius 2 is 1.56 bits per heavy atom. The van der Waals surface area contributed by atoms with Crippen molar-refractivity contribution >= 4 is 43.1 Å². The molecule has 34 heavy (non-hydrogen) atoms. The normalized spacial score (nSPS) is 11.6. The van der Waals surface area contributed by atoms with E-state index in [1.165, 1.54) is 6.07 Å². The maximum atomic E-state index is 14.4. The second kappa shape index (κ2) is 8.35. The molecule has 0 spiro atoms. The Bertz CT molecular complexity index is 1690. The number of para-hydroxylation sites is 1. The number of aromatic nitrogens is 1. The van der Waals surface area contributed by atoms with Gasteiger partial charge in [-0.1, -0.05) is 60.7 Å². The van der Waals surface area contributed by atoms with Crippen molar-refractivity contribution in [2.75, 3.05) is 11.6 Å². The van der Waals surface area contributed by atoms with Crippen molar-refractivity contribution < 1.29 is 17.6 Å². The summed E-state index contributed by atoms with van der Waals surface area (Å²) < 4.78 is 38.2. The van der Waals surface area contributed by atoms with E-state index < -0.39 is 21.6 Å². The van der Waals surface area contributed by atoms with Crippen LogP contribution in [0.4, 0.5) is 10.1 Å². The minimum Gasteiger partial charge on any atom is -0.319 e. The zero-order valence-corrected chi connectivity index (χ0v) is 18.9. The van der Waals surface area contributed by atoms with Crippen LogP contribution in [0.2, 0.25) is 0 Å². The van der Waals surface area contributed by atoms with E-state index in [-0.39, 0.29) is 10.6 Å². The highest BCUT2D eigenvalue weighted by molar-refractivity contribution is 7.90. The summed E-state index contributed by atoms with van der Waals surface area (Å²) in [6.45, 7) is 0. The van der Waals surface area contributed by atoms with Gasteiger partial charge in [-0.3, -0.25) is 4.79 Å². The highest BCUT2D eigenvalue weighted by Gasteiger charge is 2.18. The average molecular weight is 471 g/mol. The lowest BCUT2D eigenvalue weighted by molar-refractivity contribution is 0.102. The molecule has 168 valence electrons. The predicted octanol–water partition coefficient (Wildman–Crippen LogP) is 5.85. The standard InChI is InChI=1S/C27H19FN2O3S/c1-34(32,33)18-13-14-23(28)26(15-18)30-27(31)22-16-25(29-24-12-5-4-10-21(22)24)20-11-6-8-17-7-2-3-9-19(17)20/h2-16H,1H3,(H,30,31). The molecule has 1 heterocycles. The topological polar surface area (TPSA) is 76.1 Å². The van der Waals surface area contributed by atoms with Crippen LogP contribution < -0.4 is 5.32 Å². The van der Waals surface area contributed by atoms with E-state index >= 15 is 0 Å². The Hall–Kier alpha value is -4.10. The number of benzene rings is 4. The van der Waals surface area contributed by atoms with Crippen molar-refractivity contribution in [1.82, 2.24) is 4.98 Å². The van der Waals surface area contributed by atoms with Gasteiger partial charge < -0.3 is 5.32 Å². The Morgan fingerprint density at radius 3 is 2.35 bits per heavy atom. The molecule has 5 rings (SSSR count). The van der Waals surface area contributed by atoms with Crippen molar-refractivity contribution in [3.8, 4) is 11.3 Å². The van der Waals surface area contributed by atoms with E-state index in [9.17, 15) is 17.6 Å². The summed E-state index contributed by atoms with van der Waals surface area (Å²) in [4.78, 5) is 18.0. The third-order valence-corrected chi connectivity index (χ3v) is 6.75. The molecule has 0 fully saturated rings. The first-order valence-electron chi connectivity index (χ1n) is 10.5. The van der Waals surface area contributed by atoms with Crippen LogP contribution in [-0.4, -0.2) is 25.6 Å². The molecule has 4 aromatic carbocycles. The molecular formula is C27H19FN2O3S. The molecule has 5 aromatic rings. The second-order valence-corrected chi connectivity index (χ2v) is 9.98. The highest BCUT2D eigenvalue weighted by atomic mass is 32.2. The van der Waals surface area contributed by atoms with Gasteiger partial charge in [0.05, 0.1) is 27.4 Å². The number of fused-ring (bicyclic) bond motifs is 2. The zero-order chi connectivity index (χ0) is 23.9. The van der Waals surface area contributed by atoms with Crippen LogP contribution in [0.25, 0.3) is 32.9 Å². The fourth-order valence-corrected chi connectivity index (χ4v) is 4.62. The highest BCUT2D eigenvalue weighted by Crippen LogP contribution is 2.31. The van der Waals surface area contributed by atoms with E-state index in [1.807, 2.05) is 54.6 Å².